The van der Waals surface area contributed by atoms with E-state index in [1.54, 1.807) is 0 Å². The molecule has 1 amide bonds. The van der Waals surface area contributed by atoms with Crippen molar-refractivity contribution in [2.45, 2.75) is 19.3 Å². The van der Waals surface area contributed by atoms with Crippen molar-refractivity contribution in [1.82, 2.24) is 0 Å². The van der Waals surface area contributed by atoms with Gasteiger partial charge in [0, 0.05) is 10.0 Å². The molecule has 0 aromatic heterocycles. The average Bonchev–Trinajstić information content (AvgIpc) is 2.29. The van der Waals surface area contributed by atoms with E-state index in [1.165, 1.54) is 3.93 Å². The molecular formula is C10H9Br2NO. The lowest BCUT2D eigenvalue weighted by molar-refractivity contribution is -0.120. The van der Waals surface area contributed by atoms with E-state index < -0.39 is 5.41 Å². The van der Waals surface area contributed by atoms with Gasteiger partial charge in [-0.3, -0.25) is 4.79 Å². The Kier molecular flexibility index (Phi) is 2.23. The third-order valence-electron chi connectivity index (χ3n) is 2.54. The SMILES string of the molecule is CC1(C)C(=O)N(Br)c2cccc(Br)c21. The molecule has 2 nitrogen and oxygen atoms in total. The van der Waals surface area contributed by atoms with Crippen molar-refractivity contribution in [3.8, 4) is 0 Å². The molecule has 0 unspecified atom stereocenters. The Morgan fingerprint density at radius 2 is 2.00 bits per heavy atom. The van der Waals surface area contributed by atoms with Gasteiger partial charge in [-0.15, -0.1) is 0 Å². The predicted molar refractivity (Wildman–Crippen MR) is 63.6 cm³/mol. The number of fused-ring (bicyclic) bond motifs is 1. The number of hydrogen-bond donors (Lipinski definition) is 0. The number of amides is 1. The van der Waals surface area contributed by atoms with E-state index in [2.05, 4.69) is 32.1 Å². The lowest BCUT2D eigenvalue weighted by Crippen LogP contribution is -2.30. The highest BCUT2D eigenvalue weighted by atomic mass is 79.9. The van der Waals surface area contributed by atoms with Crippen LogP contribution in [0.1, 0.15) is 19.4 Å². The number of halogens is 2. The van der Waals surface area contributed by atoms with E-state index >= 15 is 0 Å². The molecule has 1 aliphatic heterocycles. The van der Waals surface area contributed by atoms with E-state index in [1.807, 2.05) is 32.0 Å². The van der Waals surface area contributed by atoms with Gasteiger partial charge in [-0.2, -0.15) is 0 Å². The highest BCUT2D eigenvalue weighted by molar-refractivity contribution is 9.10. The van der Waals surface area contributed by atoms with Crippen LogP contribution in [0.2, 0.25) is 0 Å². The maximum Gasteiger partial charge on any atom is 0.247 e. The maximum atomic E-state index is 11.9. The summed E-state index contributed by atoms with van der Waals surface area (Å²) in [5.74, 6) is 0.0689. The largest absolute Gasteiger partial charge is 0.273 e. The summed E-state index contributed by atoms with van der Waals surface area (Å²) in [4.78, 5) is 11.9. The lowest BCUT2D eigenvalue weighted by Gasteiger charge is -2.16. The van der Waals surface area contributed by atoms with Crippen molar-refractivity contribution in [3.05, 3.63) is 28.2 Å². The zero-order valence-corrected chi connectivity index (χ0v) is 11.0. The fraction of sp³-hybridized carbons (Fsp3) is 0.300. The van der Waals surface area contributed by atoms with Crippen LogP contribution in [0.3, 0.4) is 0 Å². The molecule has 14 heavy (non-hydrogen) atoms. The summed E-state index contributed by atoms with van der Waals surface area (Å²) in [7, 11) is 0. The molecule has 2 rings (SSSR count). The summed E-state index contributed by atoms with van der Waals surface area (Å²) in [5.41, 5.74) is 1.51. The minimum Gasteiger partial charge on any atom is -0.273 e. The molecule has 0 bridgehead atoms. The number of carbonyl (C=O) groups is 1. The number of benzene rings is 1. The minimum atomic E-state index is -0.459. The molecule has 1 aliphatic rings. The minimum absolute atomic E-state index is 0.0689. The molecule has 1 aromatic carbocycles. The van der Waals surface area contributed by atoms with Crippen LogP contribution in [-0.2, 0) is 10.2 Å². The molecule has 0 fully saturated rings. The Balaban J connectivity index is 2.75. The van der Waals surface area contributed by atoms with Gasteiger partial charge in [-0.05, 0) is 26.0 Å². The number of anilines is 1. The second-order valence-corrected chi connectivity index (χ2v) is 5.41. The zero-order valence-electron chi connectivity index (χ0n) is 7.84. The van der Waals surface area contributed by atoms with Crippen LogP contribution >= 0.6 is 32.1 Å². The van der Waals surface area contributed by atoms with E-state index in [0.29, 0.717) is 0 Å². The fourth-order valence-electron chi connectivity index (χ4n) is 1.76. The Morgan fingerprint density at radius 3 is 2.57 bits per heavy atom. The summed E-state index contributed by atoms with van der Waals surface area (Å²) in [6.07, 6.45) is 0. The van der Waals surface area contributed by atoms with Gasteiger partial charge in [-0.25, -0.2) is 3.93 Å². The maximum absolute atomic E-state index is 11.9. The van der Waals surface area contributed by atoms with E-state index in [9.17, 15) is 4.79 Å². The lowest BCUT2D eigenvalue weighted by atomic mass is 9.86. The second kappa shape index (κ2) is 3.07. The first-order valence-corrected chi connectivity index (χ1v) is 5.76. The molecule has 0 radical (unpaired) electrons. The van der Waals surface area contributed by atoms with Gasteiger partial charge in [-0.1, -0.05) is 22.0 Å². The van der Waals surface area contributed by atoms with Crippen LogP contribution in [-0.4, -0.2) is 5.91 Å². The van der Waals surface area contributed by atoms with Crippen LogP contribution in [0.4, 0.5) is 5.69 Å². The Labute approximate surface area is 99.8 Å². The van der Waals surface area contributed by atoms with Crippen LogP contribution in [0.25, 0.3) is 0 Å². The third kappa shape index (κ3) is 1.17. The first kappa shape index (κ1) is 10.2. The van der Waals surface area contributed by atoms with Gasteiger partial charge >= 0.3 is 0 Å². The molecule has 0 saturated carbocycles. The van der Waals surface area contributed by atoms with Crippen molar-refractivity contribution in [3.63, 3.8) is 0 Å². The van der Waals surface area contributed by atoms with Crippen molar-refractivity contribution in [2.75, 3.05) is 3.93 Å². The molecular weight excluding hydrogens is 310 g/mol. The van der Waals surface area contributed by atoms with Crippen molar-refractivity contribution in [1.29, 1.82) is 0 Å². The quantitative estimate of drug-likeness (QED) is 0.671. The molecule has 0 saturated heterocycles. The molecule has 1 aromatic rings. The van der Waals surface area contributed by atoms with Crippen LogP contribution < -0.4 is 3.93 Å². The van der Waals surface area contributed by atoms with E-state index in [-0.39, 0.29) is 5.91 Å². The van der Waals surface area contributed by atoms with Crippen molar-refractivity contribution < 1.29 is 4.79 Å². The predicted octanol–water partition coefficient (Wildman–Crippen LogP) is 3.38. The van der Waals surface area contributed by atoms with Crippen LogP contribution in [0.15, 0.2) is 22.7 Å². The third-order valence-corrected chi connectivity index (χ3v) is 3.91. The topological polar surface area (TPSA) is 20.3 Å². The number of nitrogens with zero attached hydrogens (tertiary/aromatic N) is 1. The Hall–Kier alpha value is -0.350. The molecule has 0 atom stereocenters. The summed E-state index contributed by atoms with van der Waals surface area (Å²) in [6, 6.07) is 5.81. The van der Waals surface area contributed by atoms with Crippen molar-refractivity contribution in [2.24, 2.45) is 0 Å². The normalized spacial score (nSPS) is 18.6. The first-order valence-electron chi connectivity index (χ1n) is 4.25. The zero-order chi connectivity index (χ0) is 10.5. The second-order valence-electron chi connectivity index (χ2n) is 3.84. The van der Waals surface area contributed by atoms with E-state index in [0.717, 1.165) is 15.7 Å². The van der Waals surface area contributed by atoms with Gasteiger partial charge in [0.2, 0.25) is 5.91 Å². The summed E-state index contributed by atoms with van der Waals surface area (Å²) in [5, 5.41) is 0. The summed E-state index contributed by atoms with van der Waals surface area (Å²) >= 11 is 6.75. The van der Waals surface area contributed by atoms with E-state index in [4.69, 9.17) is 0 Å². The average molecular weight is 319 g/mol. The highest BCUT2D eigenvalue weighted by Crippen LogP contribution is 2.46. The van der Waals surface area contributed by atoms with Crippen LogP contribution in [0, 0.1) is 0 Å². The van der Waals surface area contributed by atoms with Gasteiger partial charge in [0.1, 0.15) is 0 Å². The molecule has 4 heteroatoms. The van der Waals surface area contributed by atoms with Gasteiger partial charge < -0.3 is 0 Å². The van der Waals surface area contributed by atoms with Gasteiger partial charge in [0.15, 0.2) is 0 Å². The number of rotatable bonds is 0. The highest BCUT2D eigenvalue weighted by Gasteiger charge is 2.44. The van der Waals surface area contributed by atoms with Gasteiger partial charge in [0.25, 0.3) is 0 Å². The monoisotopic (exact) mass is 317 g/mol. The molecule has 0 aliphatic carbocycles. The summed E-state index contributed by atoms with van der Waals surface area (Å²) < 4.78 is 2.52. The van der Waals surface area contributed by atoms with Gasteiger partial charge in [0.05, 0.1) is 27.2 Å². The fourth-order valence-corrected chi connectivity index (χ4v) is 3.35. The Morgan fingerprint density at radius 1 is 1.36 bits per heavy atom. The number of hydrogen-bond acceptors (Lipinski definition) is 1. The van der Waals surface area contributed by atoms with Crippen molar-refractivity contribution >= 4 is 43.7 Å². The smallest absolute Gasteiger partial charge is 0.247 e. The molecule has 0 N–H and O–H groups in total. The van der Waals surface area contributed by atoms with Crippen LogP contribution in [0.5, 0.6) is 0 Å². The molecule has 74 valence electrons. The molecule has 1 heterocycles. The Bertz CT molecular complexity index is 415. The molecule has 0 spiro atoms. The first-order chi connectivity index (χ1) is 6.46. The summed E-state index contributed by atoms with van der Waals surface area (Å²) in [6.45, 7) is 3.86. The number of carbonyl (C=O) groups excluding carboxylic acids is 1. The standard InChI is InChI=1S/C10H9Br2NO/c1-10(2)8-6(11)4-3-5-7(8)13(12)9(10)14/h3-5H,1-2H3.